The Morgan fingerprint density at radius 1 is 1.31 bits per heavy atom. The normalized spacial score (nSPS) is 37.7. The smallest absolute Gasteiger partial charge is 0.0505 e. The Bertz CT molecular complexity index is 217. The van der Waals surface area contributed by atoms with E-state index in [0.717, 1.165) is 18.9 Å². The van der Waals surface area contributed by atoms with Crippen LogP contribution in [-0.4, -0.2) is 19.3 Å². The molecule has 0 radical (unpaired) electrons. The molecule has 0 amide bonds. The summed E-state index contributed by atoms with van der Waals surface area (Å²) >= 11 is 0. The van der Waals surface area contributed by atoms with Gasteiger partial charge in [0, 0.05) is 12.6 Å². The van der Waals surface area contributed by atoms with Gasteiger partial charge in [0.25, 0.3) is 0 Å². The molecule has 1 aliphatic rings. The van der Waals surface area contributed by atoms with Gasteiger partial charge in [-0.25, -0.2) is 0 Å². The summed E-state index contributed by atoms with van der Waals surface area (Å²) in [6.07, 6.45) is 3.77. The summed E-state index contributed by atoms with van der Waals surface area (Å²) in [6.45, 7) is 9.98. The van der Waals surface area contributed by atoms with Crippen molar-refractivity contribution in [3.63, 3.8) is 0 Å². The lowest BCUT2D eigenvalue weighted by Crippen LogP contribution is -2.58. The number of ether oxygens (including phenoxy) is 1. The van der Waals surface area contributed by atoms with Gasteiger partial charge >= 0.3 is 0 Å². The van der Waals surface area contributed by atoms with E-state index in [1.807, 2.05) is 0 Å². The topological polar surface area (TPSA) is 35.2 Å². The van der Waals surface area contributed by atoms with E-state index < -0.39 is 0 Å². The quantitative estimate of drug-likeness (QED) is 0.801. The molecule has 0 saturated heterocycles. The van der Waals surface area contributed by atoms with Crippen molar-refractivity contribution in [3.8, 4) is 0 Å². The van der Waals surface area contributed by atoms with Crippen LogP contribution in [0.25, 0.3) is 0 Å². The lowest BCUT2D eigenvalue weighted by molar-refractivity contribution is 0.0248. The molecular formula is C14H29NO. The first-order valence-electron chi connectivity index (χ1n) is 6.69. The third-order valence-electron chi connectivity index (χ3n) is 4.50. The van der Waals surface area contributed by atoms with Crippen LogP contribution in [0.2, 0.25) is 0 Å². The Morgan fingerprint density at radius 2 is 1.94 bits per heavy atom. The van der Waals surface area contributed by atoms with E-state index in [9.17, 15) is 0 Å². The maximum absolute atomic E-state index is 6.74. The first-order chi connectivity index (χ1) is 7.41. The van der Waals surface area contributed by atoms with Crippen molar-refractivity contribution >= 4 is 0 Å². The van der Waals surface area contributed by atoms with Crippen LogP contribution in [0.5, 0.6) is 0 Å². The largest absolute Gasteiger partial charge is 0.384 e. The molecule has 2 heteroatoms. The average Bonchev–Trinajstić information content (AvgIpc) is 2.17. The summed E-state index contributed by atoms with van der Waals surface area (Å²) in [5.74, 6) is 2.54. The number of rotatable bonds is 4. The van der Waals surface area contributed by atoms with Crippen LogP contribution in [0, 0.1) is 23.7 Å². The minimum Gasteiger partial charge on any atom is -0.384 e. The number of hydrogen-bond acceptors (Lipinski definition) is 2. The molecule has 0 heterocycles. The highest BCUT2D eigenvalue weighted by atomic mass is 16.5. The van der Waals surface area contributed by atoms with Gasteiger partial charge in [-0.1, -0.05) is 34.1 Å². The molecule has 0 aromatic carbocycles. The molecule has 0 aromatic rings. The zero-order chi connectivity index (χ0) is 12.3. The van der Waals surface area contributed by atoms with Crippen LogP contribution in [-0.2, 0) is 4.74 Å². The SMILES string of the molecule is COCC(C)C1(N)CC(C)CCC1C(C)C. The van der Waals surface area contributed by atoms with E-state index in [4.69, 9.17) is 10.5 Å². The molecule has 4 atom stereocenters. The van der Waals surface area contributed by atoms with Crippen LogP contribution in [0.4, 0.5) is 0 Å². The van der Waals surface area contributed by atoms with Crippen LogP contribution in [0.1, 0.15) is 47.0 Å². The molecule has 1 aliphatic carbocycles. The Morgan fingerprint density at radius 3 is 2.44 bits per heavy atom. The van der Waals surface area contributed by atoms with Gasteiger partial charge in [-0.15, -0.1) is 0 Å². The van der Waals surface area contributed by atoms with Crippen molar-refractivity contribution in [2.75, 3.05) is 13.7 Å². The van der Waals surface area contributed by atoms with Crippen molar-refractivity contribution in [3.05, 3.63) is 0 Å². The van der Waals surface area contributed by atoms with Crippen molar-refractivity contribution < 1.29 is 4.74 Å². The second-order valence-electron chi connectivity index (χ2n) is 6.21. The zero-order valence-electron chi connectivity index (χ0n) is 11.6. The molecule has 1 fully saturated rings. The number of nitrogens with two attached hydrogens (primary N) is 1. The standard InChI is InChI=1S/C14H29NO/c1-10(2)13-7-6-11(3)8-14(13,15)12(4)9-16-5/h10-13H,6-9,15H2,1-5H3. The van der Waals surface area contributed by atoms with Gasteiger partial charge in [-0.3, -0.25) is 0 Å². The molecule has 16 heavy (non-hydrogen) atoms. The highest BCUT2D eigenvalue weighted by molar-refractivity contribution is 5.00. The lowest BCUT2D eigenvalue weighted by Gasteiger charge is -2.49. The second-order valence-corrected chi connectivity index (χ2v) is 6.21. The maximum Gasteiger partial charge on any atom is 0.0505 e. The summed E-state index contributed by atoms with van der Waals surface area (Å²) in [4.78, 5) is 0. The van der Waals surface area contributed by atoms with E-state index in [1.54, 1.807) is 7.11 Å². The summed E-state index contributed by atoms with van der Waals surface area (Å²) in [5, 5.41) is 0. The highest BCUT2D eigenvalue weighted by Crippen LogP contribution is 2.43. The van der Waals surface area contributed by atoms with E-state index >= 15 is 0 Å². The number of methoxy groups -OCH3 is 1. The molecule has 4 unspecified atom stereocenters. The Hall–Kier alpha value is -0.0800. The minimum atomic E-state index is -0.0259. The maximum atomic E-state index is 6.74. The number of hydrogen-bond donors (Lipinski definition) is 1. The fourth-order valence-corrected chi connectivity index (χ4v) is 3.52. The Kier molecular flexibility index (Phi) is 4.81. The molecule has 2 N–H and O–H groups in total. The van der Waals surface area contributed by atoms with E-state index in [0.29, 0.717) is 17.8 Å². The molecule has 0 spiro atoms. The third kappa shape index (κ3) is 2.78. The average molecular weight is 227 g/mol. The molecule has 96 valence electrons. The summed E-state index contributed by atoms with van der Waals surface area (Å²) in [7, 11) is 1.77. The predicted molar refractivity (Wildman–Crippen MR) is 69.3 cm³/mol. The molecule has 0 bridgehead atoms. The fourth-order valence-electron chi connectivity index (χ4n) is 3.52. The molecule has 2 nitrogen and oxygen atoms in total. The summed E-state index contributed by atoms with van der Waals surface area (Å²) in [6, 6.07) is 0. The van der Waals surface area contributed by atoms with E-state index in [1.165, 1.54) is 12.8 Å². The van der Waals surface area contributed by atoms with Crippen LogP contribution in [0.3, 0.4) is 0 Å². The van der Waals surface area contributed by atoms with Gasteiger partial charge < -0.3 is 10.5 Å². The van der Waals surface area contributed by atoms with Crippen molar-refractivity contribution in [2.45, 2.75) is 52.5 Å². The van der Waals surface area contributed by atoms with Gasteiger partial charge in [0.05, 0.1) is 6.61 Å². The second kappa shape index (κ2) is 5.50. The Balaban J connectivity index is 2.83. The minimum absolute atomic E-state index is 0.0259. The van der Waals surface area contributed by atoms with E-state index in [2.05, 4.69) is 27.7 Å². The molecule has 0 aliphatic heterocycles. The first-order valence-corrected chi connectivity index (χ1v) is 6.69. The Labute approximate surface area is 101 Å². The molecule has 1 rings (SSSR count). The van der Waals surface area contributed by atoms with Crippen molar-refractivity contribution in [1.29, 1.82) is 0 Å². The van der Waals surface area contributed by atoms with Crippen molar-refractivity contribution in [1.82, 2.24) is 0 Å². The summed E-state index contributed by atoms with van der Waals surface area (Å²) < 4.78 is 5.31. The summed E-state index contributed by atoms with van der Waals surface area (Å²) in [5.41, 5.74) is 6.72. The van der Waals surface area contributed by atoms with Gasteiger partial charge in [0.15, 0.2) is 0 Å². The highest BCUT2D eigenvalue weighted by Gasteiger charge is 2.44. The molecule has 0 aromatic heterocycles. The predicted octanol–water partition coefficient (Wildman–Crippen LogP) is 3.06. The lowest BCUT2D eigenvalue weighted by atomic mass is 9.61. The van der Waals surface area contributed by atoms with Gasteiger partial charge in [0.2, 0.25) is 0 Å². The monoisotopic (exact) mass is 227 g/mol. The molecule has 1 saturated carbocycles. The zero-order valence-corrected chi connectivity index (χ0v) is 11.6. The van der Waals surface area contributed by atoms with E-state index in [-0.39, 0.29) is 5.54 Å². The van der Waals surface area contributed by atoms with Crippen LogP contribution >= 0.6 is 0 Å². The first kappa shape index (κ1) is 14.0. The van der Waals surface area contributed by atoms with Gasteiger partial charge in [-0.05, 0) is 36.5 Å². The van der Waals surface area contributed by atoms with Crippen LogP contribution < -0.4 is 5.73 Å². The van der Waals surface area contributed by atoms with Gasteiger partial charge in [-0.2, -0.15) is 0 Å². The molecular weight excluding hydrogens is 198 g/mol. The fraction of sp³-hybridized carbons (Fsp3) is 1.00. The van der Waals surface area contributed by atoms with Crippen LogP contribution in [0.15, 0.2) is 0 Å². The van der Waals surface area contributed by atoms with Gasteiger partial charge in [0.1, 0.15) is 0 Å². The van der Waals surface area contributed by atoms with Crippen molar-refractivity contribution in [2.24, 2.45) is 29.4 Å². The third-order valence-corrected chi connectivity index (χ3v) is 4.50.